The van der Waals surface area contributed by atoms with Crippen LogP contribution in [0.15, 0.2) is 48.7 Å². The molecule has 0 atom stereocenters. The molecule has 4 aromatic rings. The summed E-state index contributed by atoms with van der Waals surface area (Å²) in [5.41, 5.74) is 3.45. The molecule has 0 radical (unpaired) electrons. The third kappa shape index (κ3) is 3.77. The van der Waals surface area contributed by atoms with Crippen molar-refractivity contribution < 1.29 is 9.18 Å². The van der Waals surface area contributed by atoms with Gasteiger partial charge in [-0.25, -0.2) is 14.4 Å². The Balaban J connectivity index is 1.55. The van der Waals surface area contributed by atoms with E-state index in [1.165, 1.54) is 12.1 Å². The highest BCUT2D eigenvalue weighted by Crippen LogP contribution is 2.40. The summed E-state index contributed by atoms with van der Waals surface area (Å²) < 4.78 is 15.1. The van der Waals surface area contributed by atoms with Crippen molar-refractivity contribution in [3.8, 4) is 5.82 Å². The minimum atomic E-state index is -0.487. The highest BCUT2D eigenvalue weighted by molar-refractivity contribution is 6.30. The number of pyridine rings is 2. The van der Waals surface area contributed by atoms with Crippen LogP contribution in [0.25, 0.3) is 16.9 Å². The molecule has 6 nitrogen and oxygen atoms in total. The van der Waals surface area contributed by atoms with E-state index >= 15 is 0 Å². The fourth-order valence-electron chi connectivity index (χ4n) is 3.64. The molecular formula is C23H19ClFN5O. The molecule has 1 saturated carbocycles. The average molecular weight is 436 g/mol. The molecule has 1 aromatic carbocycles. The molecule has 3 aromatic heterocycles. The molecule has 0 saturated heterocycles. The first-order valence-corrected chi connectivity index (χ1v) is 10.4. The maximum absolute atomic E-state index is 13.4. The monoisotopic (exact) mass is 435 g/mol. The molecule has 1 fully saturated rings. The molecule has 0 unspecified atom stereocenters. The van der Waals surface area contributed by atoms with E-state index < -0.39 is 5.82 Å². The molecule has 156 valence electrons. The van der Waals surface area contributed by atoms with Gasteiger partial charge in [0.15, 0.2) is 11.5 Å². The number of carbonyl (C=O) groups excluding carboxylic acids is 1. The Kier molecular flexibility index (Phi) is 4.90. The zero-order valence-corrected chi connectivity index (χ0v) is 17.5. The Morgan fingerprint density at radius 2 is 2.10 bits per heavy atom. The molecule has 0 spiro atoms. The zero-order chi connectivity index (χ0) is 21.5. The number of benzene rings is 1. The second-order valence-corrected chi connectivity index (χ2v) is 8.09. The van der Waals surface area contributed by atoms with Crippen LogP contribution in [-0.4, -0.2) is 25.7 Å². The Morgan fingerprint density at radius 3 is 2.81 bits per heavy atom. The Morgan fingerprint density at radius 1 is 1.26 bits per heavy atom. The van der Waals surface area contributed by atoms with Crippen molar-refractivity contribution >= 4 is 28.5 Å². The fourth-order valence-corrected chi connectivity index (χ4v) is 3.84. The van der Waals surface area contributed by atoms with E-state index in [9.17, 15) is 9.18 Å². The molecule has 31 heavy (non-hydrogen) atoms. The number of nitrogens with zero attached hydrogens (tertiary/aromatic N) is 4. The Hall–Kier alpha value is -3.32. The van der Waals surface area contributed by atoms with Crippen LogP contribution in [0, 0.1) is 12.7 Å². The number of hydrogen-bond acceptors (Lipinski definition) is 4. The van der Waals surface area contributed by atoms with Crippen LogP contribution in [0.1, 0.15) is 46.1 Å². The van der Waals surface area contributed by atoms with Gasteiger partial charge in [0.25, 0.3) is 5.91 Å². The van der Waals surface area contributed by atoms with Crippen molar-refractivity contribution in [2.24, 2.45) is 0 Å². The predicted molar refractivity (Wildman–Crippen MR) is 116 cm³/mol. The van der Waals surface area contributed by atoms with Crippen molar-refractivity contribution in [3.05, 3.63) is 82.0 Å². The highest BCUT2D eigenvalue weighted by Gasteiger charge is 2.29. The van der Waals surface area contributed by atoms with Crippen LogP contribution in [0.4, 0.5) is 4.39 Å². The lowest BCUT2D eigenvalue weighted by molar-refractivity contribution is 0.0952. The van der Waals surface area contributed by atoms with Gasteiger partial charge in [-0.15, -0.1) is 0 Å². The molecule has 0 aliphatic heterocycles. The van der Waals surface area contributed by atoms with E-state index in [4.69, 9.17) is 16.6 Å². The summed E-state index contributed by atoms with van der Waals surface area (Å²) in [4.78, 5) is 22.4. The first kappa shape index (κ1) is 19.6. The van der Waals surface area contributed by atoms with Gasteiger partial charge in [0, 0.05) is 24.4 Å². The quantitative estimate of drug-likeness (QED) is 0.492. The Labute approximate surface area is 183 Å². The summed E-state index contributed by atoms with van der Waals surface area (Å²) in [6.45, 7) is 2.09. The summed E-state index contributed by atoms with van der Waals surface area (Å²) in [5.74, 6) is 0.283. The molecule has 1 aliphatic rings. The molecule has 1 amide bonds. The summed E-state index contributed by atoms with van der Waals surface area (Å²) in [7, 11) is 0. The number of hydrogen-bond donors (Lipinski definition) is 1. The normalized spacial score (nSPS) is 13.5. The number of halogens is 2. The van der Waals surface area contributed by atoms with Crippen LogP contribution < -0.4 is 5.32 Å². The number of aromatic nitrogens is 4. The lowest BCUT2D eigenvalue weighted by atomic mass is 10.1. The van der Waals surface area contributed by atoms with Crippen LogP contribution in [0.2, 0.25) is 5.02 Å². The minimum absolute atomic E-state index is 0.0292. The van der Waals surface area contributed by atoms with Gasteiger partial charge in [-0.2, -0.15) is 9.78 Å². The van der Waals surface area contributed by atoms with Crippen molar-refractivity contribution in [1.82, 2.24) is 25.1 Å². The highest BCUT2D eigenvalue weighted by atomic mass is 35.5. The minimum Gasteiger partial charge on any atom is -0.348 e. The van der Waals surface area contributed by atoms with E-state index in [0.717, 1.165) is 18.5 Å². The van der Waals surface area contributed by atoms with Gasteiger partial charge in [0.05, 0.1) is 21.7 Å². The second kappa shape index (κ2) is 7.74. The maximum atomic E-state index is 13.4. The van der Waals surface area contributed by atoms with Crippen molar-refractivity contribution in [2.75, 3.05) is 0 Å². The van der Waals surface area contributed by atoms with Gasteiger partial charge in [0.2, 0.25) is 0 Å². The third-order valence-corrected chi connectivity index (χ3v) is 5.67. The van der Waals surface area contributed by atoms with E-state index in [0.29, 0.717) is 39.6 Å². The summed E-state index contributed by atoms with van der Waals surface area (Å²) in [6, 6.07) is 11.9. The molecule has 0 bridgehead atoms. The van der Waals surface area contributed by atoms with Crippen molar-refractivity contribution in [1.29, 1.82) is 0 Å². The molecule has 8 heteroatoms. The first-order chi connectivity index (χ1) is 15.0. The third-order valence-electron chi connectivity index (χ3n) is 5.38. The zero-order valence-electron chi connectivity index (χ0n) is 16.8. The van der Waals surface area contributed by atoms with Crippen LogP contribution in [-0.2, 0) is 6.54 Å². The van der Waals surface area contributed by atoms with Gasteiger partial charge >= 0.3 is 0 Å². The van der Waals surface area contributed by atoms with Crippen molar-refractivity contribution in [3.63, 3.8) is 0 Å². The van der Waals surface area contributed by atoms with Crippen LogP contribution in [0.3, 0.4) is 0 Å². The molecule has 1 N–H and O–H groups in total. The lowest BCUT2D eigenvalue weighted by Gasteiger charge is -2.10. The first-order valence-electron chi connectivity index (χ1n) is 10.0. The van der Waals surface area contributed by atoms with E-state index in [1.807, 2.05) is 31.2 Å². The SMILES string of the molecule is Cc1nn(-c2ccccn2)c2nc(C3CC3)cc(C(=O)NCc3ccc(F)c(Cl)c3)c12. The maximum Gasteiger partial charge on any atom is 0.252 e. The largest absolute Gasteiger partial charge is 0.348 e. The van der Waals surface area contributed by atoms with Gasteiger partial charge in [-0.05, 0) is 55.7 Å². The molecule has 5 rings (SSSR count). The topological polar surface area (TPSA) is 72.7 Å². The van der Waals surface area contributed by atoms with E-state index in [2.05, 4.69) is 15.4 Å². The average Bonchev–Trinajstić information content (AvgIpc) is 3.58. The van der Waals surface area contributed by atoms with Crippen molar-refractivity contribution in [2.45, 2.75) is 32.2 Å². The number of fused-ring (bicyclic) bond motifs is 1. The number of nitrogens with one attached hydrogen (secondary N) is 1. The number of carbonyl (C=O) groups is 1. The second-order valence-electron chi connectivity index (χ2n) is 7.68. The van der Waals surface area contributed by atoms with Crippen LogP contribution >= 0.6 is 11.6 Å². The molecule has 1 aliphatic carbocycles. The number of aryl methyl sites for hydroxylation is 1. The van der Waals surface area contributed by atoms with Gasteiger partial charge in [0.1, 0.15) is 5.82 Å². The Bertz CT molecular complexity index is 1300. The van der Waals surface area contributed by atoms with Gasteiger partial charge in [-0.1, -0.05) is 23.7 Å². The van der Waals surface area contributed by atoms with E-state index in [1.54, 1.807) is 16.9 Å². The van der Waals surface area contributed by atoms with Gasteiger partial charge in [-0.3, -0.25) is 4.79 Å². The smallest absolute Gasteiger partial charge is 0.252 e. The standard InChI is InChI=1S/C23H19ClFN5O/c1-13-21-16(23(31)27-12-14-5-8-18(25)17(24)10-14)11-19(15-6-7-15)28-22(21)30(29-13)20-4-2-3-9-26-20/h2-5,8-11,15H,6-7,12H2,1H3,(H,27,31). The number of amides is 1. The number of rotatable bonds is 5. The predicted octanol–water partition coefficient (Wildman–Crippen LogP) is 4.72. The fraction of sp³-hybridized carbons (Fsp3) is 0.217. The van der Waals surface area contributed by atoms with E-state index in [-0.39, 0.29) is 17.5 Å². The molecule has 3 heterocycles. The summed E-state index contributed by atoms with van der Waals surface area (Å²) in [5, 5.41) is 8.26. The summed E-state index contributed by atoms with van der Waals surface area (Å²) in [6.07, 6.45) is 3.82. The lowest BCUT2D eigenvalue weighted by Crippen LogP contribution is -2.23. The molecular weight excluding hydrogens is 417 g/mol. The van der Waals surface area contributed by atoms with Gasteiger partial charge < -0.3 is 5.32 Å². The summed E-state index contributed by atoms with van der Waals surface area (Å²) >= 11 is 5.86. The van der Waals surface area contributed by atoms with Crippen LogP contribution in [0.5, 0.6) is 0 Å².